The van der Waals surface area contributed by atoms with Gasteiger partial charge in [0.2, 0.25) is 5.82 Å². The summed E-state index contributed by atoms with van der Waals surface area (Å²) in [5.41, 5.74) is 0.498. The summed E-state index contributed by atoms with van der Waals surface area (Å²) in [5.74, 6) is 0.538. The average molecular weight is 254 g/mol. The van der Waals surface area contributed by atoms with E-state index in [9.17, 15) is 15.2 Å². The average Bonchev–Trinajstić information content (AvgIpc) is 2.91. The van der Waals surface area contributed by atoms with Crippen LogP contribution in [0.4, 0.5) is 11.5 Å². The predicted molar refractivity (Wildman–Crippen MR) is 66.7 cm³/mol. The number of aryl methyl sites for hydroxylation is 2. The van der Waals surface area contributed by atoms with Gasteiger partial charge in [-0.15, -0.1) is 0 Å². The van der Waals surface area contributed by atoms with Crippen molar-refractivity contribution in [2.45, 2.75) is 39.3 Å². The van der Waals surface area contributed by atoms with Gasteiger partial charge in [0.05, 0.1) is 17.6 Å². The van der Waals surface area contributed by atoms with Gasteiger partial charge in [-0.2, -0.15) is 5.10 Å². The summed E-state index contributed by atoms with van der Waals surface area (Å²) >= 11 is 0. The lowest BCUT2D eigenvalue weighted by atomic mass is 10.2. The Morgan fingerprint density at radius 3 is 2.89 bits per heavy atom. The van der Waals surface area contributed by atoms with Crippen LogP contribution in [0.25, 0.3) is 0 Å². The second kappa shape index (κ2) is 4.93. The van der Waals surface area contributed by atoms with Crippen LogP contribution in [0.5, 0.6) is 0 Å². The highest BCUT2D eigenvalue weighted by Gasteiger charge is 2.34. The fraction of sp³-hybridized carbons (Fsp3) is 0.727. The van der Waals surface area contributed by atoms with E-state index in [1.807, 2.05) is 11.8 Å². The van der Waals surface area contributed by atoms with Crippen molar-refractivity contribution in [2.24, 2.45) is 0 Å². The third-order valence-corrected chi connectivity index (χ3v) is 3.41. The quantitative estimate of drug-likeness (QED) is 0.642. The van der Waals surface area contributed by atoms with Crippen molar-refractivity contribution in [2.75, 3.05) is 18.1 Å². The van der Waals surface area contributed by atoms with E-state index >= 15 is 0 Å². The molecule has 1 aromatic rings. The fourth-order valence-electron chi connectivity index (χ4n) is 2.58. The SMILES string of the molecule is CCn1nc(C)c([N+](=O)[O-])c1N1CCCC1CO. The highest BCUT2D eigenvalue weighted by molar-refractivity contribution is 5.62. The van der Waals surface area contributed by atoms with Crippen LogP contribution in [-0.4, -0.2) is 39.0 Å². The van der Waals surface area contributed by atoms with Crippen molar-refractivity contribution in [3.63, 3.8) is 0 Å². The molecule has 1 saturated heterocycles. The van der Waals surface area contributed by atoms with E-state index in [1.165, 1.54) is 0 Å². The van der Waals surface area contributed by atoms with Gasteiger partial charge < -0.3 is 10.0 Å². The van der Waals surface area contributed by atoms with E-state index in [0.717, 1.165) is 19.4 Å². The highest BCUT2D eigenvalue weighted by atomic mass is 16.6. The van der Waals surface area contributed by atoms with Gasteiger partial charge in [0.15, 0.2) is 0 Å². The largest absolute Gasteiger partial charge is 0.394 e. The monoisotopic (exact) mass is 254 g/mol. The Morgan fingerprint density at radius 1 is 1.61 bits per heavy atom. The molecule has 100 valence electrons. The lowest BCUT2D eigenvalue weighted by Crippen LogP contribution is -2.34. The third-order valence-electron chi connectivity index (χ3n) is 3.41. The first-order valence-electron chi connectivity index (χ1n) is 6.19. The second-order valence-corrected chi connectivity index (χ2v) is 4.50. The van der Waals surface area contributed by atoms with Gasteiger partial charge in [0.25, 0.3) is 0 Å². The zero-order valence-corrected chi connectivity index (χ0v) is 10.7. The number of hydrogen-bond donors (Lipinski definition) is 1. The van der Waals surface area contributed by atoms with E-state index < -0.39 is 0 Å². The Balaban J connectivity index is 2.50. The molecule has 2 heterocycles. The molecule has 18 heavy (non-hydrogen) atoms. The first-order chi connectivity index (χ1) is 8.60. The molecule has 0 aromatic carbocycles. The molecule has 1 unspecified atom stereocenters. The van der Waals surface area contributed by atoms with Crippen LogP contribution in [0, 0.1) is 17.0 Å². The Morgan fingerprint density at radius 2 is 2.33 bits per heavy atom. The van der Waals surface area contributed by atoms with Crippen molar-refractivity contribution in [1.82, 2.24) is 9.78 Å². The van der Waals surface area contributed by atoms with Crippen molar-refractivity contribution < 1.29 is 10.0 Å². The maximum absolute atomic E-state index is 11.2. The molecular weight excluding hydrogens is 236 g/mol. The summed E-state index contributed by atoms with van der Waals surface area (Å²) in [6.07, 6.45) is 1.80. The van der Waals surface area contributed by atoms with Gasteiger partial charge in [-0.05, 0) is 26.7 Å². The number of rotatable bonds is 4. The topological polar surface area (TPSA) is 84.4 Å². The molecule has 2 rings (SSSR count). The molecule has 1 aromatic heterocycles. The molecule has 0 radical (unpaired) electrons. The predicted octanol–water partition coefficient (Wildman–Crippen LogP) is 1.08. The van der Waals surface area contributed by atoms with Gasteiger partial charge in [-0.1, -0.05) is 0 Å². The van der Waals surface area contributed by atoms with Crippen LogP contribution in [0.3, 0.4) is 0 Å². The maximum atomic E-state index is 11.2. The first-order valence-corrected chi connectivity index (χ1v) is 6.19. The lowest BCUT2D eigenvalue weighted by Gasteiger charge is -2.24. The van der Waals surface area contributed by atoms with Crippen molar-refractivity contribution in [3.05, 3.63) is 15.8 Å². The Hall–Kier alpha value is -1.63. The maximum Gasteiger partial charge on any atom is 0.333 e. The molecule has 0 amide bonds. The summed E-state index contributed by atoms with van der Waals surface area (Å²) in [6.45, 7) is 4.89. The minimum absolute atomic E-state index is 0.0189. The molecule has 1 atom stereocenters. The van der Waals surface area contributed by atoms with E-state index in [0.29, 0.717) is 18.1 Å². The zero-order chi connectivity index (χ0) is 13.3. The molecular formula is C11H18N4O3. The van der Waals surface area contributed by atoms with Gasteiger partial charge in [-0.3, -0.25) is 10.1 Å². The Kier molecular flexibility index (Phi) is 3.51. The van der Waals surface area contributed by atoms with E-state index in [2.05, 4.69) is 5.10 Å². The Labute approximate surface area is 105 Å². The summed E-state index contributed by atoms with van der Waals surface area (Å²) in [6, 6.07) is -0.0369. The molecule has 7 nitrogen and oxygen atoms in total. The van der Waals surface area contributed by atoms with Gasteiger partial charge in [0, 0.05) is 13.1 Å². The molecule has 0 bridgehead atoms. The van der Waals surface area contributed by atoms with E-state index in [-0.39, 0.29) is 23.3 Å². The zero-order valence-electron chi connectivity index (χ0n) is 10.7. The van der Waals surface area contributed by atoms with Gasteiger partial charge in [-0.25, -0.2) is 4.68 Å². The normalized spacial score (nSPS) is 19.5. The standard InChI is InChI=1S/C11H18N4O3/c1-3-14-11(10(15(17)18)8(2)12-14)13-6-4-5-9(13)7-16/h9,16H,3-7H2,1-2H3. The van der Waals surface area contributed by atoms with Crippen LogP contribution >= 0.6 is 0 Å². The van der Waals surface area contributed by atoms with Crippen molar-refractivity contribution >= 4 is 11.5 Å². The molecule has 1 N–H and O–H groups in total. The fourth-order valence-corrected chi connectivity index (χ4v) is 2.58. The van der Waals surface area contributed by atoms with Crippen molar-refractivity contribution in [1.29, 1.82) is 0 Å². The lowest BCUT2D eigenvalue weighted by molar-refractivity contribution is -0.384. The Bertz CT molecular complexity index is 457. The van der Waals surface area contributed by atoms with E-state index in [1.54, 1.807) is 11.6 Å². The number of nitro groups is 1. The minimum Gasteiger partial charge on any atom is -0.394 e. The number of aliphatic hydroxyl groups excluding tert-OH is 1. The molecule has 1 aliphatic heterocycles. The molecule has 0 aliphatic carbocycles. The number of hydrogen-bond acceptors (Lipinski definition) is 5. The second-order valence-electron chi connectivity index (χ2n) is 4.50. The molecule has 1 aliphatic rings. The molecule has 7 heteroatoms. The van der Waals surface area contributed by atoms with Crippen LogP contribution < -0.4 is 4.90 Å². The molecule has 1 fully saturated rings. The number of nitrogens with zero attached hydrogens (tertiary/aromatic N) is 4. The van der Waals surface area contributed by atoms with E-state index in [4.69, 9.17) is 0 Å². The summed E-state index contributed by atoms with van der Waals surface area (Å²) in [4.78, 5) is 12.7. The molecule has 0 saturated carbocycles. The minimum atomic E-state index is -0.378. The summed E-state index contributed by atoms with van der Waals surface area (Å²) in [5, 5.41) is 24.8. The number of aliphatic hydroxyl groups is 1. The van der Waals surface area contributed by atoms with Gasteiger partial charge in [0.1, 0.15) is 5.69 Å². The first kappa shape index (κ1) is 12.8. The smallest absolute Gasteiger partial charge is 0.333 e. The van der Waals surface area contributed by atoms with Gasteiger partial charge >= 0.3 is 5.69 Å². The van der Waals surface area contributed by atoms with Crippen LogP contribution in [0.15, 0.2) is 0 Å². The van der Waals surface area contributed by atoms with Crippen LogP contribution in [0.1, 0.15) is 25.5 Å². The van der Waals surface area contributed by atoms with Crippen LogP contribution in [-0.2, 0) is 6.54 Å². The number of aromatic nitrogens is 2. The summed E-state index contributed by atoms with van der Waals surface area (Å²) in [7, 11) is 0. The highest BCUT2D eigenvalue weighted by Crippen LogP contribution is 2.35. The van der Waals surface area contributed by atoms with Crippen LogP contribution in [0.2, 0.25) is 0 Å². The number of anilines is 1. The third kappa shape index (κ3) is 1.94. The molecule has 0 spiro atoms. The summed E-state index contributed by atoms with van der Waals surface area (Å²) < 4.78 is 1.65. The van der Waals surface area contributed by atoms with Crippen molar-refractivity contribution in [3.8, 4) is 0 Å².